The maximum absolute atomic E-state index is 13.3. The topological polar surface area (TPSA) is 21.3 Å². The van der Waals surface area contributed by atoms with E-state index >= 15 is 0 Å². The molecule has 0 spiro atoms. The molecule has 2 fully saturated rings. The van der Waals surface area contributed by atoms with Gasteiger partial charge in [-0.05, 0) is 49.5 Å². The molecule has 92 valence electrons. The molecule has 2 aliphatic heterocycles. The predicted molar refractivity (Wildman–Crippen MR) is 64.5 cm³/mol. The second-order valence-electron chi connectivity index (χ2n) is 5.35. The third-order valence-corrected chi connectivity index (χ3v) is 4.04. The second-order valence-corrected chi connectivity index (χ2v) is 5.35. The Morgan fingerprint density at radius 2 is 2.29 bits per heavy atom. The number of ether oxygens (including phenoxy) is 1. The van der Waals surface area contributed by atoms with Crippen LogP contribution >= 0.6 is 0 Å². The van der Waals surface area contributed by atoms with E-state index < -0.39 is 0 Å². The molecule has 1 atom stereocenters. The van der Waals surface area contributed by atoms with Gasteiger partial charge in [0.2, 0.25) is 0 Å². The second kappa shape index (κ2) is 4.39. The third-order valence-electron chi connectivity index (χ3n) is 4.04. The van der Waals surface area contributed by atoms with Gasteiger partial charge < -0.3 is 10.1 Å². The van der Waals surface area contributed by atoms with Crippen molar-refractivity contribution in [2.75, 3.05) is 26.3 Å². The molecule has 0 amide bonds. The largest absolute Gasteiger partial charge is 0.379 e. The van der Waals surface area contributed by atoms with Gasteiger partial charge in [0.1, 0.15) is 5.82 Å². The van der Waals surface area contributed by atoms with Gasteiger partial charge >= 0.3 is 0 Å². The van der Waals surface area contributed by atoms with E-state index in [9.17, 15) is 4.39 Å². The average Bonchev–Trinajstić information content (AvgIpc) is 2.76. The Labute approximate surface area is 101 Å². The van der Waals surface area contributed by atoms with Crippen LogP contribution in [0.5, 0.6) is 0 Å². The van der Waals surface area contributed by atoms with Crippen molar-refractivity contribution in [3.8, 4) is 0 Å². The molecule has 2 saturated heterocycles. The first kappa shape index (κ1) is 11.2. The van der Waals surface area contributed by atoms with Crippen molar-refractivity contribution in [2.45, 2.75) is 18.3 Å². The van der Waals surface area contributed by atoms with Gasteiger partial charge in [0.25, 0.3) is 0 Å². The van der Waals surface area contributed by atoms with Crippen molar-refractivity contribution in [3.05, 3.63) is 35.6 Å². The van der Waals surface area contributed by atoms with E-state index in [1.807, 2.05) is 6.07 Å². The van der Waals surface area contributed by atoms with Crippen LogP contribution in [0.15, 0.2) is 24.3 Å². The number of hydrogen-bond acceptors (Lipinski definition) is 2. The Morgan fingerprint density at radius 3 is 2.88 bits per heavy atom. The lowest BCUT2D eigenvalue weighted by atomic mass is 9.72. The zero-order valence-electron chi connectivity index (χ0n) is 9.92. The Balaban J connectivity index is 1.81. The molecule has 2 aliphatic rings. The number of rotatable bonds is 3. The minimum atomic E-state index is -0.140. The summed E-state index contributed by atoms with van der Waals surface area (Å²) in [6.45, 7) is 3.70. The fourth-order valence-corrected chi connectivity index (χ4v) is 3.01. The summed E-state index contributed by atoms with van der Waals surface area (Å²) in [4.78, 5) is 0. The summed E-state index contributed by atoms with van der Waals surface area (Å²) >= 11 is 0. The van der Waals surface area contributed by atoms with Crippen molar-refractivity contribution in [3.63, 3.8) is 0 Å². The van der Waals surface area contributed by atoms with E-state index in [4.69, 9.17) is 4.74 Å². The van der Waals surface area contributed by atoms with Crippen molar-refractivity contribution in [2.24, 2.45) is 5.92 Å². The van der Waals surface area contributed by atoms with Crippen LogP contribution in [0.3, 0.4) is 0 Å². The van der Waals surface area contributed by atoms with Gasteiger partial charge in [-0.15, -0.1) is 0 Å². The van der Waals surface area contributed by atoms with Crippen LogP contribution in [0.2, 0.25) is 0 Å². The zero-order valence-corrected chi connectivity index (χ0v) is 9.92. The highest BCUT2D eigenvalue weighted by molar-refractivity contribution is 5.28. The Bertz CT molecular complexity index is 397. The first-order valence-electron chi connectivity index (χ1n) is 6.33. The van der Waals surface area contributed by atoms with Crippen molar-refractivity contribution >= 4 is 0 Å². The molecular formula is C14H18FNO. The molecule has 17 heavy (non-hydrogen) atoms. The predicted octanol–water partition coefficient (Wildman–Crippen LogP) is 2.09. The van der Waals surface area contributed by atoms with E-state index in [1.54, 1.807) is 12.1 Å². The molecule has 0 aromatic heterocycles. The number of nitrogens with one attached hydrogen (secondary N) is 1. The molecule has 1 N–H and O–H groups in total. The SMILES string of the molecule is Fc1cccc(C2(CC3CCNC3)COC2)c1. The van der Waals surface area contributed by atoms with Crippen LogP contribution in [0.25, 0.3) is 0 Å². The third kappa shape index (κ3) is 2.09. The first-order chi connectivity index (χ1) is 8.28. The molecule has 2 nitrogen and oxygen atoms in total. The summed E-state index contributed by atoms with van der Waals surface area (Å²) in [5, 5.41) is 3.39. The number of halogens is 1. The van der Waals surface area contributed by atoms with Crippen LogP contribution < -0.4 is 5.32 Å². The van der Waals surface area contributed by atoms with Crippen LogP contribution in [-0.2, 0) is 10.2 Å². The minimum Gasteiger partial charge on any atom is -0.379 e. The molecule has 0 bridgehead atoms. The quantitative estimate of drug-likeness (QED) is 0.866. The molecule has 0 saturated carbocycles. The first-order valence-corrected chi connectivity index (χ1v) is 6.33. The van der Waals surface area contributed by atoms with Crippen LogP contribution in [0.1, 0.15) is 18.4 Å². The molecule has 1 aromatic carbocycles. The Morgan fingerprint density at radius 1 is 1.41 bits per heavy atom. The van der Waals surface area contributed by atoms with Crippen molar-refractivity contribution < 1.29 is 9.13 Å². The molecule has 1 unspecified atom stereocenters. The lowest BCUT2D eigenvalue weighted by Gasteiger charge is -2.43. The summed E-state index contributed by atoms with van der Waals surface area (Å²) in [6, 6.07) is 7.02. The fraction of sp³-hybridized carbons (Fsp3) is 0.571. The number of benzene rings is 1. The summed E-state index contributed by atoms with van der Waals surface area (Å²) in [5.74, 6) is 0.570. The Kier molecular flexibility index (Phi) is 2.89. The highest BCUT2D eigenvalue weighted by atomic mass is 19.1. The van der Waals surface area contributed by atoms with Gasteiger partial charge in [0.05, 0.1) is 13.2 Å². The van der Waals surface area contributed by atoms with E-state index in [-0.39, 0.29) is 11.2 Å². The molecule has 3 heteroatoms. The highest BCUT2D eigenvalue weighted by Crippen LogP contribution is 2.39. The van der Waals surface area contributed by atoms with Gasteiger partial charge in [-0.3, -0.25) is 0 Å². The summed E-state index contributed by atoms with van der Waals surface area (Å²) in [6.07, 6.45) is 2.35. The van der Waals surface area contributed by atoms with Gasteiger partial charge in [0, 0.05) is 5.41 Å². The highest BCUT2D eigenvalue weighted by Gasteiger charge is 2.42. The van der Waals surface area contributed by atoms with Gasteiger partial charge in [-0.2, -0.15) is 0 Å². The molecule has 0 radical (unpaired) electrons. The van der Waals surface area contributed by atoms with Crippen LogP contribution in [-0.4, -0.2) is 26.3 Å². The fourth-order valence-electron chi connectivity index (χ4n) is 3.01. The lowest BCUT2D eigenvalue weighted by Crippen LogP contribution is -2.48. The number of hydrogen-bond donors (Lipinski definition) is 1. The monoisotopic (exact) mass is 235 g/mol. The molecular weight excluding hydrogens is 217 g/mol. The van der Waals surface area contributed by atoms with E-state index in [0.717, 1.165) is 38.3 Å². The standard InChI is InChI=1S/C14H18FNO/c15-13-3-1-2-12(6-13)14(9-17-10-14)7-11-4-5-16-8-11/h1-3,6,11,16H,4-5,7-10H2. The lowest BCUT2D eigenvalue weighted by molar-refractivity contribution is -0.0706. The molecule has 0 aliphatic carbocycles. The van der Waals surface area contributed by atoms with Gasteiger partial charge in [-0.1, -0.05) is 12.1 Å². The summed E-state index contributed by atoms with van der Waals surface area (Å²) in [5.41, 5.74) is 1.18. The van der Waals surface area contributed by atoms with E-state index in [0.29, 0.717) is 5.92 Å². The molecule has 1 aromatic rings. The molecule has 2 heterocycles. The molecule has 3 rings (SSSR count). The van der Waals surface area contributed by atoms with E-state index in [1.165, 1.54) is 12.5 Å². The van der Waals surface area contributed by atoms with Crippen LogP contribution in [0.4, 0.5) is 4.39 Å². The average molecular weight is 235 g/mol. The van der Waals surface area contributed by atoms with Gasteiger partial charge in [0.15, 0.2) is 0 Å². The summed E-state index contributed by atoms with van der Waals surface area (Å²) < 4.78 is 18.7. The maximum Gasteiger partial charge on any atom is 0.123 e. The maximum atomic E-state index is 13.3. The zero-order chi connectivity index (χ0) is 11.7. The van der Waals surface area contributed by atoms with Crippen molar-refractivity contribution in [1.82, 2.24) is 5.32 Å². The van der Waals surface area contributed by atoms with E-state index in [2.05, 4.69) is 5.32 Å². The summed E-state index contributed by atoms with van der Waals surface area (Å²) in [7, 11) is 0. The van der Waals surface area contributed by atoms with Gasteiger partial charge in [-0.25, -0.2) is 4.39 Å². The van der Waals surface area contributed by atoms with Crippen molar-refractivity contribution in [1.29, 1.82) is 0 Å². The normalized spacial score (nSPS) is 26.8. The van der Waals surface area contributed by atoms with Crippen LogP contribution in [0, 0.1) is 11.7 Å². The smallest absolute Gasteiger partial charge is 0.123 e. The Hall–Kier alpha value is -0.930. The minimum absolute atomic E-state index is 0.0682.